The van der Waals surface area contributed by atoms with Gasteiger partial charge in [0.05, 0.1) is 20.7 Å². The molecule has 1 radical (unpaired) electrons. The molecule has 0 aromatic heterocycles. The van der Waals surface area contributed by atoms with Crippen LogP contribution in [0.2, 0.25) is 0 Å². The van der Waals surface area contributed by atoms with E-state index in [-0.39, 0.29) is 6.10 Å². The van der Waals surface area contributed by atoms with Gasteiger partial charge in [0.1, 0.15) is 6.10 Å². The standard InChI is InChI=1S/C6H11O3/c1-8-4-6-5(7)2-3-9-6/h2,5-7H,3-4H2,1H3/t5?,6-/m1/s1/i3T/t3?,5?,6-. The average molecular weight is 133 g/mol. The lowest BCUT2D eigenvalue weighted by atomic mass is 10.2. The van der Waals surface area contributed by atoms with Gasteiger partial charge in [0.25, 0.3) is 0 Å². The van der Waals surface area contributed by atoms with Crippen molar-refractivity contribution in [3.05, 3.63) is 6.42 Å². The molecule has 1 rings (SSSR count). The van der Waals surface area contributed by atoms with E-state index in [0.717, 1.165) is 0 Å². The second-order valence-corrected chi connectivity index (χ2v) is 1.95. The molecule has 0 spiro atoms. The summed E-state index contributed by atoms with van der Waals surface area (Å²) < 4.78 is 16.8. The SMILES string of the molecule is [3H]C1[CH]C(O)[C@@H](COC)O1. The molecule has 0 aromatic carbocycles. The molecule has 1 aliphatic rings. The van der Waals surface area contributed by atoms with Crippen molar-refractivity contribution < 1.29 is 16.0 Å². The van der Waals surface area contributed by atoms with Crippen LogP contribution >= 0.6 is 0 Å². The highest BCUT2D eigenvalue weighted by Crippen LogP contribution is 2.11. The summed E-state index contributed by atoms with van der Waals surface area (Å²) in [5.74, 6) is 0. The van der Waals surface area contributed by atoms with Gasteiger partial charge in [0, 0.05) is 13.5 Å². The van der Waals surface area contributed by atoms with E-state index < -0.39 is 12.7 Å². The quantitative estimate of drug-likeness (QED) is 0.557. The maximum absolute atomic E-state index is 9.11. The first-order valence-electron chi connectivity index (χ1n) is 3.41. The summed E-state index contributed by atoms with van der Waals surface area (Å²) in [7, 11) is 1.54. The van der Waals surface area contributed by atoms with Crippen molar-refractivity contribution >= 4 is 0 Å². The van der Waals surface area contributed by atoms with E-state index in [1.165, 1.54) is 13.5 Å². The first-order chi connectivity index (χ1) is 4.74. The third-order valence-corrected chi connectivity index (χ3v) is 1.24. The van der Waals surface area contributed by atoms with Crippen molar-refractivity contribution in [2.45, 2.75) is 12.2 Å². The summed E-state index contributed by atoms with van der Waals surface area (Å²) in [5, 5.41) is 9.11. The first kappa shape index (κ1) is 5.65. The summed E-state index contributed by atoms with van der Waals surface area (Å²) in [6.07, 6.45) is 0.430. The highest BCUT2D eigenvalue weighted by Gasteiger charge is 2.25. The number of aliphatic hydroxyl groups is 1. The van der Waals surface area contributed by atoms with E-state index in [9.17, 15) is 0 Å². The molecule has 3 heteroatoms. The predicted molar refractivity (Wildman–Crippen MR) is 31.9 cm³/mol. The van der Waals surface area contributed by atoms with Crippen LogP contribution in [0.15, 0.2) is 0 Å². The van der Waals surface area contributed by atoms with Crippen LogP contribution in [0.4, 0.5) is 0 Å². The number of methoxy groups -OCH3 is 1. The van der Waals surface area contributed by atoms with Crippen LogP contribution in [0.25, 0.3) is 0 Å². The molecule has 0 aromatic rings. The van der Waals surface area contributed by atoms with Crippen molar-refractivity contribution in [1.29, 1.82) is 0 Å². The van der Waals surface area contributed by atoms with E-state index in [1.54, 1.807) is 0 Å². The smallest absolute Gasteiger partial charge is 0.107 e. The van der Waals surface area contributed by atoms with Crippen molar-refractivity contribution in [3.8, 4) is 0 Å². The van der Waals surface area contributed by atoms with E-state index >= 15 is 0 Å². The van der Waals surface area contributed by atoms with Gasteiger partial charge in [-0.2, -0.15) is 0 Å². The van der Waals surface area contributed by atoms with Gasteiger partial charge in [-0.15, -0.1) is 0 Å². The minimum atomic E-state index is -0.699. The molecule has 53 valence electrons. The average Bonchev–Trinajstić information content (AvgIpc) is 2.13. The van der Waals surface area contributed by atoms with Crippen LogP contribution in [-0.4, -0.2) is 37.6 Å². The molecular formula is C6H11O3. The van der Waals surface area contributed by atoms with Gasteiger partial charge in [0.15, 0.2) is 0 Å². The van der Waals surface area contributed by atoms with E-state index in [4.69, 9.17) is 16.0 Å². The second-order valence-electron chi connectivity index (χ2n) is 1.95. The molecule has 1 N–H and O–H groups in total. The molecule has 3 nitrogen and oxygen atoms in total. The topological polar surface area (TPSA) is 38.7 Å². The zero-order valence-corrected chi connectivity index (χ0v) is 5.28. The van der Waals surface area contributed by atoms with E-state index in [2.05, 4.69) is 0 Å². The van der Waals surface area contributed by atoms with E-state index in [0.29, 0.717) is 6.61 Å². The molecule has 1 aliphatic heterocycles. The Morgan fingerprint density at radius 3 is 3.33 bits per heavy atom. The molecule has 3 atom stereocenters. The van der Waals surface area contributed by atoms with Crippen LogP contribution in [0.3, 0.4) is 0 Å². The Hall–Kier alpha value is -0.120. The van der Waals surface area contributed by atoms with Crippen LogP contribution in [0.5, 0.6) is 0 Å². The Balaban J connectivity index is 2.31. The molecule has 0 saturated carbocycles. The van der Waals surface area contributed by atoms with Gasteiger partial charge < -0.3 is 14.6 Å². The van der Waals surface area contributed by atoms with Crippen LogP contribution in [0, 0.1) is 6.42 Å². The molecule has 1 fully saturated rings. The Morgan fingerprint density at radius 1 is 2.11 bits per heavy atom. The highest BCUT2D eigenvalue weighted by molar-refractivity contribution is 4.88. The Kier molecular flexibility index (Phi) is 1.98. The third-order valence-electron chi connectivity index (χ3n) is 1.24. The number of ether oxygens (including phenoxy) is 2. The van der Waals surface area contributed by atoms with Gasteiger partial charge >= 0.3 is 0 Å². The summed E-state index contributed by atoms with van der Waals surface area (Å²) in [6, 6.07) is 0. The largest absolute Gasteiger partial charge is 0.390 e. The van der Waals surface area contributed by atoms with Gasteiger partial charge in [-0.1, -0.05) is 0 Å². The maximum Gasteiger partial charge on any atom is 0.107 e. The lowest BCUT2D eigenvalue weighted by Gasteiger charge is -2.10. The molecule has 0 aliphatic carbocycles. The maximum atomic E-state index is 9.11. The summed E-state index contributed by atoms with van der Waals surface area (Å²) in [4.78, 5) is 0. The lowest BCUT2D eigenvalue weighted by molar-refractivity contribution is -0.00895. The first-order valence-corrected chi connectivity index (χ1v) is 2.83. The number of hydrogen-bond donors (Lipinski definition) is 1. The predicted octanol–water partition coefficient (Wildman–Crippen LogP) is -0.403. The van der Waals surface area contributed by atoms with Crippen LogP contribution in [0.1, 0.15) is 1.37 Å². The molecule has 2 unspecified atom stereocenters. The van der Waals surface area contributed by atoms with Gasteiger partial charge in [-0.05, 0) is 0 Å². The fourth-order valence-corrected chi connectivity index (χ4v) is 0.733. The molecule has 0 bridgehead atoms. The van der Waals surface area contributed by atoms with Gasteiger partial charge in [0.2, 0.25) is 0 Å². The Bertz CT molecular complexity index is 109. The monoisotopic (exact) mass is 133 g/mol. The van der Waals surface area contributed by atoms with Crippen LogP contribution < -0.4 is 0 Å². The number of rotatable bonds is 2. The summed E-state index contributed by atoms with van der Waals surface area (Å²) in [6.45, 7) is -0.359. The number of hydrogen-bond acceptors (Lipinski definition) is 3. The minimum absolute atomic E-state index is 0.340. The van der Waals surface area contributed by atoms with Gasteiger partial charge in [-0.25, -0.2) is 0 Å². The number of aliphatic hydroxyl groups excluding tert-OH is 1. The zero-order chi connectivity index (χ0) is 7.56. The zero-order valence-electron chi connectivity index (χ0n) is 6.28. The van der Waals surface area contributed by atoms with Crippen molar-refractivity contribution in [3.63, 3.8) is 0 Å². The molecular weight excluding hydrogens is 120 g/mol. The fourth-order valence-electron chi connectivity index (χ4n) is 0.733. The third kappa shape index (κ3) is 1.64. The van der Waals surface area contributed by atoms with Crippen LogP contribution in [-0.2, 0) is 9.47 Å². The summed E-state index contributed by atoms with van der Waals surface area (Å²) in [5.41, 5.74) is 0. The molecule has 0 amide bonds. The van der Waals surface area contributed by atoms with Crippen molar-refractivity contribution in [2.75, 3.05) is 20.3 Å². The Morgan fingerprint density at radius 2 is 2.89 bits per heavy atom. The molecule has 9 heavy (non-hydrogen) atoms. The second kappa shape index (κ2) is 3.15. The molecule has 1 heterocycles. The van der Waals surface area contributed by atoms with Gasteiger partial charge in [-0.3, -0.25) is 0 Å². The Labute approximate surface area is 56.0 Å². The fraction of sp³-hybridized carbons (Fsp3) is 0.833. The normalized spacial score (nSPS) is 45.1. The lowest BCUT2D eigenvalue weighted by Crippen LogP contribution is -2.25. The summed E-state index contributed by atoms with van der Waals surface area (Å²) >= 11 is 0. The minimum Gasteiger partial charge on any atom is -0.390 e. The van der Waals surface area contributed by atoms with E-state index in [1.807, 2.05) is 0 Å². The van der Waals surface area contributed by atoms with Crippen molar-refractivity contribution in [2.24, 2.45) is 0 Å². The van der Waals surface area contributed by atoms with Crippen molar-refractivity contribution in [1.82, 2.24) is 0 Å². The highest BCUT2D eigenvalue weighted by atomic mass is 16.5. The molecule has 1 saturated heterocycles.